The third-order valence-corrected chi connectivity index (χ3v) is 7.12. The van der Waals surface area contributed by atoms with Crippen molar-refractivity contribution in [2.75, 3.05) is 20.0 Å². The monoisotopic (exact) mass is 180 g/mol. The Balaban J connectivity index is 3.58. The Kier molecular flexibility index (Phi) is 5.43. The molecule has 0 rings (SSSR count). The molecule has 0 amide bonds. The normalized spacial score (nSPS) is 12.0. The molecule has 0 radical (unpaired) electrons. The van der Waals surface area contributed by atoms with Crippen LogP contribution in [0.3, 0.4) is 0 Å². The van der Waals surface area contributed by atoms with Crippen LogP contribution in [0.4, 0.5) is 0 Å². The van der Waals surface area contributed by atoms with E-state index in [1.165, 1.54) is 6.42 Å². The smallest absolute Gasteiger partial charge is 0.390 e. The lowest BCUT2D eigenvalue weighted by Gasteiger charge is -2.20. The quantitative estimate of drug-likeness (QED) is 0.603. The van der Waals surface area contributed by atoms with E-state index in [1.807, 2.05) is 11.2 Å². The Hall–Kier alpha value is 0.487. The third kappa shape index (κ3) is 3.61. The second-order valence-corrected chi connectivity index (χ2v) is 8.45. The van der Waals surface area contributed by atoms with Crippen molar-refractivity contribution in [2.24, 2.45) is 0 Å². The van der Waals surface area contributed by atoms with Gasteiger partial charge in [0.1, 0.15) is 0 Å². The molecule has 0 saturated heterocycles. The van der Waals surface area contributed by atoms with Crippen molar-refractivity contribution in [1.29, 1.82) is 0 Å². The van der Waals surface area contributed by atoms with Gasteiger partial charge in [-0.3, -0.25) is 0 Å². The fraction of sp³-hybridized carbons (Fsp3) is 1.00. The molecule has 0 aliphatic carbocycles. The molecule has 62 valence electrons. The largest absolute Gasteiger partial charge is 0.402 e. The molecule has 0 aliphatic rings. The topological polar surface area (TPSA) is 18.5 Å². The van der Waals surface area contributed by atoms with Crippen molar-refractivity contribution in [3.8, 4) is 0 Å². The van der Waals surface area contributed by atoms with Gasteiger partial charge in [0, 0.05) is 14.2 Å². The molecule has 0 atom stereocenters. The van der Waals surface area contributed by atoms with Crippen LogP contribution in [-0.4, -0.2) is 27.7 Å². The lowest BCUT2D eigenvalue weighted by Crippen LogP contribution is -2.32. The summed E-state index contributed by atoms with van der Waals surface area (Å²) in [6.45, 7) is 4.22. The van der Waals surface area contributed by atoms with E-state index in [0.29, 0.717) is 0 Å². The van der Waals surface area contributed by atoms with Gasteiger partial charge in [-0.15, -0.1) is 11.2 Å². The van der Waals surface area contributed by atoms with Crippen LogP contribution in [0.5, 0.6) is 0 Å². The van der Waals surface area contributed by atoms with Crippen LogP contribution in [0, 0.1) is 0 Å². The molecule has 4 heteroatoms. The van der Waals surface area contributed by atoms with Gasteiger partial charge in [-0.25, -0.2) is 0 Å². The summed E-state index contributed by atoms with van der Waals surface area (Å²) in [5.41, 5.74) is 0. The maximum Gasteiger partial charge on any atom is 0.402 e. The van der Waals surface area contributed by atoms with E-state index in [0.717, 1.165) is 5.75 Å². The van der Waals surface area contributed by atoms with Crippen LogP contribution in [0.2, 0.25) is 6.55 Å². The van der Waals surface area contributed by atoms with Crippen LogP contribution in [0.25, 0.3) is 0 Å². The molecule has 0 aromatic heterocycles. The second-order valence-electron chi connectivity index (χ2n) is 2.12. The zero-order valence-electron chi connectivity index (χ0n) is 7.14. The fourth-order valence-electron chi connectivity index (χ4n) is 0.489. The highest BCUT2D eigenvalue weighted by atomic mass is 32.4. The summed E-state index contributed by atoms with van der Waals surface area (Å²) in [6.07, 6.45) is 1.18. The molecule has 2 nitrogen and oxygen atoms in total. The van der Waals surface area contributed by atoms with Crippen LogP contribution >= 0.6 is 11.2 Å². The molecule has 0 aromatic carbocycles. The third-order valence-electron chi connectivity index (χ3n) is 1.31. The Labute approximate surface area is 68.2 Å². The maximum atomic E-state index is 5.27. The lowest BCUT2D eigenvalue weighted by atomic mass is 10.6. The Morgan fingerprint density at radius 3 is 2.10 bits per heavy atom. The summed E-state index contributed by atoms with van der Waals surface area (Å²) >= 11 is 1.82. The van der Waals surface area contributed by atoms with E-state index in [9.17, 15) is 0 Å². The molecule has 0 unspecified atom stereocenters. The molecule has 0 heterocycles. The fourth-order valence-corrected chi connectivity index (χ4v) is 3.90. The summed E-state index contributed by atoms with van der Waals surface area (Å²) in [5.74, 6) is 1.13. The highest BCUT2D eigenvalue weighted by Gasteiger charge is 2.28. The van der Waals surface area contributed by atoms with E-state index in [4.69, 9.17) is 8.85 Å². The average molecular weight is 180 g/mol. The molecule has 0 saturated carbocycles. The van der Waals surface area contributed by atoms with E-state index >= 15 is 0 Å². The van der Waals surface area contributed by atoms with Gasteiger partial charge < -0.3 is 8.85 Å². The lowest BCUT2D eigenvalue weighted by molar-refractivity contribution is 0.276. The summed E-state index contributed by atoms with van der Waals surface area (Å²) in [5, 5.41) is 0. The Bertz CT molecular complexity index is 85.8. The summed E-state index contributed by atoms with van der Waals surface area (Å²) < 4.78 is 10.5. The van der Waals surface area contributed by atoms with E-state index in [1.54, 1.807) is 14.2 Å². The zero-order chi connectivity index (χ0) is 8.04. The minimum absolute atomic E-state index is 1.13. The van der Waals surface area contributed by atoms with Gasteiger partial charge in [0.2, 0.25) is 0 Å². The van der Waals surface area contributed by atoms with Crippen molar-refractivity contribution in [3.05, 3.63) is 0 Å². The predicted molar refractivity (Wildman–Crippen MR) is 48.4 cm³/mol. The highest BCUT2D eigenvalue weighted by molar-refractivity contribution is 8.27. The standard InChI is InChI=1S/C6H16O2SSi/c1-5-6-9-10(4,7-2)8-3/h5-6H2,1-4H3. The van der Waals surface area contributed by atoms with Gasteiger partial charge in [-0.05, 0) is 18.7 Å². The van der Waals surface area contributed by atoms with Gasteiger partial charge in [-0.2, -0.15) is 0 Å². The van der Waals surface area contributed by atoms with Gasteiger partial charge in [0.25, 0.3) is 0 Å². The number of hydrogen-bond acceptors (Lipinski definition) is 3. The highest BCUT2D eigenvalue weighted by Crippen LogP contribution is 2.21. The minimum Gasteiger partial charge on any atom is -0.390 e. The Morgan fingerprint density at radius 1 is 1.30 bits per heavy atom. The SMILES string of the molecule is CCCS[Si](C)(OC)OC. The molecule has 0 aromatic rings. The average Bonchev–Trinajstić information content (AvgIpc) is 2.00. The first-order valence-electron chi connectivity index (χ1n) is 3.42. The Morgan fingerprint density at radius 2 is 1.80 bits per heavy atom. The van der Waals surface area contributed by atoms with E-state index in [2.05, 4.69) is 13.5 Å². The molecule has 0 fully saturated rings. The van der Waals surface area contributed by atoms with Crippen LogP contribution in [0.15, 0.2) is 0 Å². The van der Waals surface area contributed by atoms with Crippen LogP contribution in [-0.2, 0) is 8.85 Å². The van der Waals surface area contributed by atoms with E-state index < -0.39 is 7.71 Å². The van der Waals surface area contributed by atoms with Crippen molar-refractivity contribution in [1.82, 2.24) is 0 Å². The van der Waals surface area contributed by atoms with Crippen molar-refractivity contribution >= 4 is 18.9 Å². The number of rotatable bonds is 5. The van der Waals surface area contributed by atoms with Crippen LogP contribution in [0.1, 0.15) is 13.3 Å². The molecule has 0 aliphatic heterocycles. The van der Waals surface area contributed by atoms with Crippen molar-refractivity contribution < 1.29 is 8.85 Å². The van der Waals surface area contributed by atoms with Gasteiger partial charge in [0.05, 0.1) is 0 Å². The van der Waals surface area contributed by atoms with Gasteiger partial charge in [0.15, 0.2) is 0 Å². The first kappa shape index (κ1) is 10.5. The first-order valence-corrected chi connectivity index (χ1v) is 7.45. The molecule has 10 heavy (non-hydrogen) atoms. The summed E-state index contributed by atoms with van der Waals surface area (Å²) in [6, 6.07) is 0. The maximum absolute atomic E-state index is 5.27. The number of hydrogen-bond donors (Lipinski definition) is 0. The first-order chi connectivity index (χ1) is 4.68. The molecule has 0 N–H and O–H groups in total. The van der Waals surface area contributed by atoms with Crippen LogP contribution < -0.4 is 0 Å². The summed E-state index contributed by atoms with van der Waals surface area (Å²) in [7, 11) is 1.64. The molecular formula is C6H16O2SSi. The van der Waals surface area contributed by atoms with Crippen molar-refractivity contribution in [3.63, 3.8) is 0 Å². The molecule has 0 bridgehead atoms. The van der Waals surface area contributed by atoms with Gasteiger partial charge >= 0.3 is 7.71 Å². The van der Waals surface area contributed by atoms with E-state index in [-0.39, 0.29) is 0 Å². The van der Waals surface area contributed by atoms with Gasteiger partial charge in [-0.1, -0.05) is 6.92 Å². The second kappa shape index (κ2) is 5.18. The molecule has 0 spiro atoms. The summed E-state index contributed by atoms with van der Waals surface area (Å²) in [4.78, 5) is 0. The predicted octanol–water partition coefficient (Wildman–Crippen LogP) is 1.99. The minimum atomic E-state index is -1.80. The zero-order valence-corrected chi connectivity index (χ0v) is 8.96. The molecular weight excluding hydrogens is 164 g/mol. The van der Waals surface area contributed by atoms with Crippen molar-refractivity contribution in [2.45, 2.75) is 19.9 Å².